The summed E-state index contributed by atoms with van der Waals surface area (Å²) in [5, 5.41) is 12.9. The Hall–Kier alpha value is -1.78. The maximum atomic E-state index is 9.61. The molecule has 4 nitrogen and oxygen atoms in total. The molecule has 18 heavy (non-hydrogen) atoms. The summed E-state index contributed by atoms with van der Waals surface area (Å²) in [6.07, 6.45) is 3.42. The van der Waals surface area contributed by atoms with Crippen LogP contribution in [-0.2, 0) is 12.1 Å². The molecule has 2 aromatic rings. The second kappa shape index (κ2) is 5.71. The minimum atomic E-state index is -0.486. The summed E-state index contributed by atoms with van der Waals surface area (Å²) >= 11 is 0. The highest BCUT2D eigenvalue weighted by Gasteiger charge is 2.24. The van der Waals surface area contributed by atoms with Crippen molar-refractivity contribution in [1.82, 2.24) is 15.3 Å². The largest absolute Gasteiger partial charge is 0.394 e. The first-order valence-electron chi connectivity index (χ1n) is 5.92. The van der Waals surface area contributed by atoms with Crippen LogP contribution >= 0.6 is 0 Å². The van der Waals surface area contributed by atoms with Gasteiger partial charge in [0.1, 0.15) is 5.82 Å². The number of aliphatic hydroxyl groups excluding tert-OH is 1. The summed E-state index contributed by atoms with van der Waals surface area (Å²) in [5.74, 6) is 0.716. The average Bonchev–Trinajstić information content (AvgIpc) is 2.47. The fourth-order valence-corrected chi connectivity index (χ4v) is 1.75. The van der Waals surface area contributed by atoms with E-state index in [2.05, 4.69) is 15.3 Å². The quantitative estimate of drug-likeness (QED) is 0.835. The van der Waals surface area contributed by atoms with Gasteiger partial charge in [-0.25, -0.2) is 9.97 Å². The fraction of sp³-hybridized carbons (Fsp3) is 0.286. The summed E-state index contributed by atoms with van der Waals surface area (Å²) < 4.78 is 0. The molecule has 1 unspecified atom stereocenters. The lowest BCUT2D eigenvalue weighted by atomic mass is 9.93. The number of nitrogens with one attached hydrogen (secondary N) is 1. The summed E-state index contributed by atoms with van der Waals surface area (Å²) in [4.78, 5) is 8.31. The van der Waals surface area contributed by atoms with Gasteiger partial charge in [-0.2, -0.15) is 0 Å². The molecule has 0 fully saturated rings. The van der Waals surface area contributed by atoms with Crippen molar-refractivity contribution in [2.75, 3.05) is 6.61 Å². The molecule has 0 amide bonds. The number of hydrogen-bond acceptors (Lipinski definition) is 4. The lowest BCUT2D eigenvalue weighted by Crippen LogP contribution is -2.42. The van der Waals surface area contributed by atoms with Crippen LogP contribution in [0.25, 0.3) is 0 Å². The van der Waals surface area contributed by atoms with E-state index in [0.717, 1.165) is 5.56 Å². The van der Waals surface area contributed by atoms with Crippen molar-refractivity contribution in [3.63, 3.8) is 0 Å². The first-order valence-corrected chi connectivity index (χ1v) is 5.92. The monoisotopic (exact) mass is 243 g/mol. The summed E-state index contributed by atoms with van der Waals surface area (Å²) in [6, 6.07) is 11.7. The van der Waals surface area contributed by atoms with Crippen LogP contribution in [0.2, 0.25) is 0 Å². The number of rotatable bonds is 5. The zero-order valence-corrected chi connectivity index (χ0v) is 10.4. The molecule has 0 spiro atoms. The van der Waals surface area contributed by atoms with E-state index >= 15 is 0 Å². The second-order valence-electron chi connectivity index (χ2n) is 4.37. The van der Waals surface area contributed by atoms with Gasteiger partial charge < -0.3 is 5.11 Å². The fourth-order valence-electron chi connectivity index (χ4n) is 1.75. The molecule has 1 aromatic heterocycles. The van der Waals surface area contributed by atoms with E-state index in [9.17, 15) is 5.11 Å². The molecule has 2 rings (SSSR count). The number of aromatic nitrogens is 2. The topological polar surface area (TPSA) is 58.0 Å². The SMILES string of the molecule is CC(CO)(NCc1ncccn1)c1ccccc1. The van der Waals surface area contributed by atoms with Crippen molar-refractivity contribution >= 4 is 0 Å². The van der Waals surface area contributed by atoms with Crippen LogP contribution in [-0.4, -0.2) is 21.7 Å². The van der Waals surface area contributed by atoms with Crippen LogP contribution in [0, 0.1) is 0 Å². The smallest absolute Gasteiger partial charge is 0.141 e. The van der Waals surface area contributed by atoms with Gasteiger partial charge in [-0.15, -0.1) is 0 Å². The molecule has 0 aliphatic rings. The maximum absolute atomic E-state index is 9.61. The highest BCUT2D eigenvalue weighted by atomic mass is 16.3. The van der Waals surface area contributed by atoms with Crippen LogP contribution in [0.15, 0.2) is 48.8 Å². The number of aliphatic hydroxyl groups is 1. The van der Waals surface area contributed by atoms with Crippen molar-refractivity contribution in [3.05, 3.63) is 60.2 Å². The molecule has 2 N–H and O–H groups in total. The Morgan fingerprint density at radius 3 is 2.39 bits per heavy atom. The summed E-state index contributed by atoms with van der Waals surface area (Å²) in [5.41, 5.74) is 0.559. The van der Waals surface area contributed by atoms with Crippen LogP contribution < -0.4 is 5.32 Å². The van der Waals surface area contributed by atoms with Crippen molar-refractivity contribution in [3.8, 4) is 0 Å². The molecular formula is C14H17N3O. The van der Waals surface area contributed by atoms with E-state index in [1.807, 2.05) is 37.3 Å². The van der Waals surface area contributed by atoms with Crippen molar-refractivity contribution in [1.29, 1.82) is 0 Å². The predicted molar refractivity (Wildman–Crippen MR) is 69.8 cm³/mol. The van der Waals surface area contributed by atoms with Crippen LogP contribution in [0.3, 0.4) is 0 Å². The zero-order chi connectivity index (χ0) is 12.8. The molecule has 1 aromatic carbocycles. The first-order chi connectivity index (χ1) is 8.74. The average molecular weight is 243 g/mol. The van der Waals surface area contributed by atoms with E-state index in [4.69, 9.17) is 0 Å². The van der Waals surface area contributed by atoms with E-state index in [0.29, 0.717) is 12.4 Å². The van der Waals surface area contributed by atoms with Gasteiger partial charge in [-0.3, -0.25) is 5.32 Å². The minimum Gasteiger partial charge on any atom is -0.394 e. The van der Waals surface area contributed by atoms with Gasteiger partial charge in [-0.05, 0) is 18.6 Å². The van der Waals surface area contributed by atoms with Gasteiger partial charge in [-0.1, -0.05) is 30.3 Å². The number of benzene rings is 1. The second-order valence-corrected chi connectivity index (χ2v) is 4.37. The molecule has 94 valence electrons. The highest BCUT2D eigenvalue weighted by Crippen LogP contribution is 2.19. The van der Waals surface area contributed by atoms with Crippen molar-refractivity contribution in [2.45, 2.75) is 19.0 Å². The minimum absolute atomic E-state index is 0.0177. The Labute approximate surface area is 107 Å². The Balaban J connectivity index is 2.10. The molecular weight excluding hydrogens is 226 g/mol. The van der Waals surface area contributed by atoms with E-state index in [-0.39, 0.29) is 6.61 Å². The summed E-state index contributed by atoms with van der Waals surface area (Å²) in [6.45, 7) is 2.50. The first kappa shape index (κ1) is 12.7. The molecule has 0 radical (unpaired) electrons. The predicted octanol–water partition coefficient (Wildman–Crippen LogP) is 1.47. The maximum Gasteiger partial charge on any atom is 0.141 e. The van der Waals surface area contributed by atoms with E-state index < -0.39 is 5.54 Å². The van der Waals surface area contributed by atoms with Crippen molar-refractivity contribution < 1.29 is 5.11 Å². The Morgan fingerprint density at radius 2 is 1.78 bits per heavy atom. The van der Waals surface area contributed by atoms with Gasteiger partial charge in [0, 0.05) is 12.4 Å². The van der Waals surface area contributed by atoms with Crippen LogP contribution in [0.5, 0.6) is 0 Å². The third-order valence-electron chi connectivity index (χ3n) is 2.98. The van der Waals surface area contributed by atoms with Gasteiger partial charge >= 0.3 is 0 Å². The Kier molecular flexibility index (Phi) is 4.02. The van der Waals surface area contributed by atoms with Gasteiger partial charge in [0.05, 0.1) is 18.7 Å². The zero-order valence-electron chi connectivity index (χ0n) is 10.4. The van der Waals surface area contributed by atoms with Gasteiger partial charge in [0.15, 0.2) is 0 Å². The molecule has 1 atom stereocenters. The highest BCUT2D eigenvalue weighted by molar-refractivity contribution is 5.23. The number of hydrogen-bond donors (Lipinski definition) is 2. The lowest BCUT2D eigenvalue weighted by molar-refractivity contribution is 0.172. The molecule has 0 aliphatic carbocycles. The van der Waals surface area contributed by atoms with E-state index in [1.165, 1.54) is 0 Å². The van der Waals surface area contributed by atoms with E-state index in [1.54, 1.807) is 18.5 Å². The summed E-state index contributed by atoms with van der Waals surface area (Å²) in [7, 11) is 0. The third kappa shape index (κ3) is 2.91. The molecule has 0 aliphatic heterocycles. The normalized spacial score (nSPS) is 14.1. The Bertz CT molecular complexity index is 475. The third-order valence-corrected chi connectivity index (χ3v) is 2.98. The molecule has 0 saturated heterocycles. The molecule has 0 saturated carbocycles. The van der Waals surface area contributed by atoms with Crippen molar-refractivity contribution in [2.24, 2.45) is 0 Å². The van der Waals surface area contributed by atoms with Crippen LogP contribution in [0.1, 0.15) is 18.3 Å². The molecule has 1 heterocycles. The standard InChI is InChI=1S/C14H17N3O/c1-14(11-18,12-6-3-2-4-7-12)17-10-13-15-8-5-9-16-13/h2-9,17-18H,10-11H2,1H3. The van der Waals surface area contributed by atoms with Crippen LogP contribution in [0.4, 0.5) is 0 Å². The van der Waals surface area contributed by atoms with Gasteiger partial charge in [0.2, 0.25) is 0 Å². The number of nitrogens with zero attached hydrogens (tertiary/aromatic N) is 2. The van der Waals surface area contributed by atoms with Gasteiger partial charge in [0.25, 0.3) is 0 Å². The molecule has 0 bridgehead atoms. The molecule has 4 heteroatoms. The lowest BCUT2D eigenvalue weighted by Gasteiger charge is -2.29. The Morgan fingerprint density at radius 1 is 1.11 bits per heavy atom.